The summed E-state index contributed by atoms with van der Waals surface area (Å²) in [6, 6.07) is 7.16. The summed E-state index contributed by atoms with van der Waals surface area (Å²) in [5.41, 5.74) is 2.07. The Kier molecular flexibility index (Phi) is 5.73. The molecule has 8 heteroatoms. The monoisotopic (exact) mass is 371 g/mol. The van der Waals surface area contributed by atoms with Gasteiger partial charge in [-0.05, 0) is 55.3 Å². The number of fused-ring (bicyclic) bond motifs is 1. The molecule has 8 nitrogen and oxygen atoms in total. The number of allylic oxidation sites excluding steroid dienone is 1. The first-order chi connectivity index (χ1) is 13.0. The molecule has 1 aromatic carbocycles. The summed E-state index contributed by atoms with van der Waals surface area (Å²) in [6.45, 7) is 8.23. The quantitative estimate of drug-likeness (QED) is 0.591. The maximum Gasteiger partial charge on any atom is 0.338 e. The van der Waals surface area contributed by atoms with Gasteiger partial charge in [-0.1, -0.05) is 30.6 Å². The summed E-state index contributed by atoms with van der Waals surface area (Å²) in [6.07, 6.45) is 1.88. The largest absolute Gasteiger partial charge is 0.491 e. The lowest BCUT2D eigenvalue weighted by Crippen LogP contribution is -2.29. The van der Waals surface area contributed by atoms with Gasteiger partial charge in [0.05, 0.1) is 18.3 Å². The van der Waals surface area contributed by atoms with Crippen molar-refractivity contribution in [3.8, 4) is 5.75 Å². The fraction of sp³-hybridized carbons (Fsp3) is 0.474. The Morgan fingerprint density at radius 3 is 2.70 bits per heavy atom. The van der Waals surface area contributed by atoms with E-state index in [1.807, 2.05) is 45.0 Å². The van der Waals surface area contributed by atoms with Crippen LogP contribution in [0.5, 0.6) is 5.75 Å². The summed E-state index contributed by atoms with van der Waals surface area (Å²) in [5, 5.41) is 14.9. The number of nitrogens with one attached hydrogen (secondary N) is 1. The van der Waals surface area contributed by atoms with Gasteiger partial charge in [0.15, 0.2) is 0 Å². The SMILES string of the molecule is CCCCOC(=O)C1=C(C)Nc2nnnn2C1c1ccc(OC(C)C)cc1. The van der Waals surface area contributed by atoms with Crippen LogP contribution in [-0.4, -0.2) is 38.9 Å². The lowest BCUT2D eigenvalue weighted by molar-refractivity contribution is -0.139. The molecule has 0 bridgehead atoms. The molecule has 0 spiro atoms. The van der Waals surface area contributed by atoms with Gasteiger partial charge in [0.1, 0.15) is 11.8 Å². The molecule has 0 aliphatic carbocycles. The van der Waals surface area contributed by atoms with Crippen molar-refractivity contribution in [2.75, 3.05) is 11.9 Å². The predicted octanol–water partition coefficient (Wildman–Crippen LogP) is 3.09. The molecule has 2 heterocycles. The van der Waals surface area contributed by atoms with E-state index in [2.05, 4.69) is 27.8 Å². The number of carbonyl (C=O) groups excluding carboxylic acids is 1. The Labute approximate surface area is 158 Å². The molecule has 2 aromatic rings. The Morgan fingerprint density at radius 1 is 1.30 bits per heavy atom. The molecule has 1 aliphatic rings. The van der Waals surface area contributed by atoms with Gasteiger partial charge >= 0.3 is 5.97 Å². The topological polar surface area (TPSA) is 91.2 Å². The number of nitrogens with zero attached hydrogens (tertiary/aromatic N) is 4. The zero-order valence-electron chi connectivity index (χ0n) is 16.1. The van der Waals surface area contributed by atoms with E-state index in [-0.39, 0.29) is 12.1 Å². The zero-order valence-corrected chi connectivity index (χ0v) is 16.1. The maximum atomic E-state index is 12.8. The van der Waals surface area contributed by atoms with Crippen molar-refractivity contribution in [1.29, 1.82) is 0 Å². The number of hydrogen-bond acceptors (Lipinski definition) is 7. The Hall–Kier alpha value is -2.90. The third-order valence-electron chi connectivity index (χ3n) is 4.23. The minimum atomic E-state index is -0.460. The van der Waals surface area contributed by atoms with Gasteiger partial charge in [0.25, 0.3) is 0 Å². The molecular formula is C19H25N5O3. The minimum Gasteiger partial charge on any atom is -0.491 e. The number of benzene rings is 1. The van der Waals surface area contributed by atoms with Crippen molar-refractivity contribution in [2.45, 2.75) is 52.7 Å². The van der Waals surface area contributed by atoms with Gasteiger partial charge in [-0.25, -0.2) is 4.79 Å². The molecule has 1 unspecified atom stereocenters. The maximum absolute atomic E-state index is 12.8. The van der Waals surface area contributed by atoms with Gasteiger partial charge in [0, 0.05) is 5.70 Å². The molecule has 1 N–H and O–H groups in total. The molecular weight excluding hydrogens is 346 g/mol. The molecule has 1 aromatic heterocycles. The van der Waals surface area contributed by atoms with Crippen LogP contribution in [0.3, 0.4) is 0 Å². The normalized spacial score (nSPS) is 16.1. The molecule has 0 saturated heterocycles. The molecule has 3 rings (SSSR count). The Morgan fingerprint density at radius 2 is 2.04 bits per heavy atom. The molecule has 1 aliphatic heterocycles. The highest BCUT2D eigenvalue weighted by molar-refractivity contribution is 5.92. The number of hydrogen-bond donors (Lipinski definition) is 1. The van der Waals surface area contributed by atoms with E-state index in [4.69, 9.17) is 9.47 Å². The van der Waals surface area contributed by atoms with Crippen molar-refractivity contribution in [1.82, 2.24) is 20.2 Å². The van der Waals surface area contributed by atoms with Crippen LogP contribution in [0.25, 0.3) is 0 Å². The van der Waals surface area contributed by atoms with Crippen molar-refractivity contribution in [3.05, 3.63) is 41.1 Å². The number of esters is 1. The number of rotatable bonds is 7. The second-order valence-corrected chi connectivity index (χ2v) is 6.74. The van der Waals surface area contributed by atoms with E-state index in [0.717, 1.165) is 24.2 Å². The van der Waals surface area contributed by atoms with E-state index < -0.39 is 6.04 Å². The molecule has 27 heavy (non-hydrogen) atoms. The van der Waals surface area contributed by atoms with E-state index in [1.54, 1.807) is 4.68 Å². The van der Waals surface area contributed by atoms with Crippen LogP contribution >= 0.6 is 0 Å². The second-order valence-electron chi connectivity index (χ2n) is 6.74. The van der Waals surface area contributed by atoms with E-state index in [9.17, 15) is 4.79 Å². The van der Waals surface area contributed by atoms with Crippen molar-refractivity contribution >= 4 is 11.9 Å². The highest BCUT2D eigenvalue weighted by Crippen LogP contribution is 2.35. The van der Waals surface area contributed by atoms with Gasteiger partial charge in [-0.15, -0.1) is 0 Å². The van der Waals surface area contributed by atoms with Gasteiger partial charge in [-0.3, -0.25) is 0 Å². The summed E-state index contributed by atoms with van der Waals surface area (Å²) in [7, 11) is 0. The van der Waals surface area contributed by atoms with E-state index >= 15 is 0 Å². The van der Waals surface area contributed by atoms with Crippen LogP contribution < -0.4 is 10.1 Å². The predicted molar refractivity (Wildman–Crippen MR) is 100 cm³/mol. The molecule has 0 fully saturated rings. The molecule has 144 valence electrons. The standard InChI is InChI=1S/C19H25N5O3/c1-5-6-11-26-18(25)16-13(4)20-19-21-22-23-24(19)17(16)14-7-9-15(10-8-14)27-12(2)3/h7-10,12,17H,5-6,11H2,1-4H3,(H,20,21,23). The van der Waals surface area contributed by atoms with Crippen LogP contribution in [0.15, 0.2) is 35.5 Å². The average molecular weight is 371 g/mol. The zero-order chi connectivity index (χ0) is 19.4. The Balaban J connectivity index is 1.94. The molecule has 0 saturated carbocycles. The van der Waals surface area contributed by atoms with Crippen molar-refractivity contribution < 1.29 is 14.3 Å². The number of carbonyl (C=O) groups is 1. The first kappa shape index (κ1) is 18.9. The number of unbranched alkanes of at least 4 members (excludes halogenated alkanes) is 1. The van der Waals surface area contributed by atoms with Crippen LogP contribution in [-0.2, 0) is 9.53 Å². The number of tetrazole rings is 1. The average Bonchev–Trinajstić information content (AvgIpc) is 3.09. The highest BCUT2D eigenvalue weighted by Gasteiger charge is 2.34. The lowest BCUT2D eigenvalue weighted by atomic mass is 9.95. The molecule has 1 atom stereocenters. The third kappa shape index (κ3) is 4.10. The van der Waals surface area contributed by atoms with Gasteiger partial charge in [0.2, 0.25) is 5.95 Å². The number of ether oxygens (including phenoxy) is 2. The first-order valence-electron chi connectivity index (χ1n) is 9.20. The third-order valence-corrected chi connectivity index (χ3v) is 4.23. The fourth-order valence-corrected chi connectivity index (χ4v) is 2.97. The summed E-state index contributed by atoms with van der Waals surface area (Å²) < 4.78 is 12.8. The van der Waals surface area contributed by atoms with Gasteiger partial charge < -0.3 is 14.8 Å². The van der Waals surface area contributed by atoms with E-state index in [1.165, 1.54) is 0 Å². The first-order valence-corrected chi connectivity index (χ1v) is 9.20. The van der Waals surface area contributed by atoms with Crippen molar-refractivity contribution in [3.63, 3.8) is 0 Å². The van der Waals surface area contributed by atoms with Crippen molar-refractivity contribution in [2.24, 2.45) is 0 Å². The van der Waals surface area contributed by atoms with Crippen LogP contribution in [0.4, 0.5) is 5.95 Å². The minimum absolute atomic E-state index is 0.0899. The van der Waals surface area contributed by atoms with Gasteiger partial charge in [-0.2, -0.15) is 4.68 Å². The van der Waals surface area contributed by atoms with E-state index in [0.29, 0.717) is 23.8 Å². The summed E-state index contributed by atoms with van der Waals surface area (Å²) in [4.78, 5) is 12.8. The van der Waals surface area contributed by atoms with Crippen LogP contribution in [0, 0.1) is 0 Å². The summed E-state index contributed by atoms with van der Waals surface area (Å²) in [5.74, 6) is 0.902. The lowest BCUT2D eigenvalue weighted by Gasteiger charge is -2.27. The molecule has 0 radical (unpaired) electrons. The number of aromatic nitrogens is 4. The number of anilines is 1. The second kappa shape index (κ2) is 8.20. The Bertz CT molecular complexity index is 826. The summed E-state index contributed by atoms with van der Waals surface area (Å²) >= 11 is 0. The van der Waals surface area contributed by atoms with Crippen LogP contribution in [0.1, 0.15) is 52.1 Å². The van der Waals surface area contributed by atoms with Crippen LogP contribution in [0.2, 0.25) is 0 Å². The fourth-order valence-electron chi connectivity index (χ4n) is 2.97. The smallest absolute Gasteiger partial charge is 0.338 e. The molecule has 0 amide bonds. The highest BCUT2D eigenvalue weighted by atomic mass is 16.5.